The molecule has 20 heavy (non-hydrogen) atoms. The topological polar surface area (TPSA) is 29.9 Å². The van der Waals surface area contributed by atoms with Gasteiger partial charge in [-0.25, -0.2) is 4.98 Å². The standard InChI is InChI=1S/C16H25N3S/c1-11(2)15(17-5)13-6-7-19(8-13)9-14-10-20-16(18-14)12(3)4/h6-8,10-12,15,17H,9H2,1-5H3. The summed E-state index contributed by atoms with van der Waals surface area (Å²) in [5.74, 6) is 1.10. The fourth-order valence-corrected chi connectivity index (χ4v) is 3.30. The third-order valence-corrected chi connectivity index (χ3v) is 4.71. The van der Waals surface area contributed by atoms with Gasteiger partial charge in [-0.2, -0.15) is 0 Å². The molecule has 0 amide bonds. The van der Waals surface area contributed by atoms with Gasteiger partial charge in [-0.1, -0.05) is 27.7 Å². The van der Waals surface area contributed by atoms with Crippen LogP contribution < -0.4 is 5.32 Å². The summed E-state index contributed by atoms with van der Waals surface area (Å²) in [5.41, 5.74) is 2.51. The zero-order valence-corrected chi connectivity index (χ0v) is 13.9. The van der Waals surface area contributed by atoms with Gasteiger partial charge in [0.25, 0.3) is 0 Å². The second-order valence-corrected chi connectivity index (χ2v) is 6.85. The van der Waals surface area contributed by atoms with Gasteiger partial charge in [-0.3, -0.25) is 0 Å². The summed E-state index contributed by atoms with van der Waals surface area (Å²) >= 11 is 1.76. The van der Waals surface area contributed by atoms with E-state index >= 15 is 0 Å². The molecule has 2 aromatic rings. The summed E-state index contributed by atoms with van der Waals surface area (Å²) in [6.07, 6.45) is 4.38. The van der Waals surface area contributed by atoms with E-state index in [1.165, 1.54) is 10.6 Å². The first-order chi connectivity index (χ1) is 9.51. The maximum absolute atomic E-state index is 4.70. The molecule has 0 fully saturated rings. The molecule has 0 aliphatic carbocycles. The second-order valence-electron chi connectivity index (χ2n) is 5.96. The Balaban J connectivity index is 2.08. The van der Waals surface area contributed by atoms with Crippen molar-refractivity contribution in [1.82, 2.24) is 14.9 Å². The highest BCUT2D eigenvalue weighted by molar-refractivity contribution is 7.09. The van der Waals surface area contributed by atoms with Gasteiger partial charge in [0.1, 0.15) is 0 Å². The average Bonchev–Trinajstić information content (AvgIpc) is 3.00. The molecule has 0 bridgehead atoms. The maximum Gasteiger partial charge on any atom is 0.0954 e. The van der Waals surface area contributed by atoms with Crippen LogP contribution in [0.5, 0.6) is 0 Å². The van der Waals surface area contributed by atoms with Gasteiger partial charge in [0.2, 0.25) is 0 Å². The Bertz CT molecular complexity index is 539. The molecule has 0 saturated heterocycles. The van der Waals surface area contributed by atoms with Crippen molar-refractivity contribution in [1.29, 1.82) is 0 Å². The van der Waals surface area contributed by atoms with E-state index in [2.05, 4.69) is 61.4 Å². The van der Waals surface area contributed by atoms with E-state index in [4.69, 9.17) is 4.98 Å². The zero-order chi connectivity index (χ0) is 14.7. The average molecular weight is 291 g/mol. The van der Waals surface area contributed by atoms with Crippen LogP contribution in [0.1, 0.15) is 55.9 Å². The Morgan fingerprint density at radius 3 is 2.60 bits per heavy atom. The van der Waals surface area contributed by atoms with Gasteiger partial charge in [0.15, 0.2) is 0 Å². The normalized spacial score (nSPS) is 13.3. The first-order valence-electron chi connectivity index (χ1n) is 7.28. The van der Waals surface area contributed by atoms with Crippen molar-refractivity contribution in [2.24, 2.45) is 5.92 Å². The number of rotatable bonds is 6. The van der Waals surface area contributed by atoms with E-state index in [-0.39, 0.29) is 0 Å². The monoisotopic (exact) mass is 291 g/mol. The van der Waals surface area contributed by atoms with E-state index < -0.39 is 0 Å². The smallest absolute Gasteiger partial charge is 0.0954 e. The molecule has 110 valence electrons. The van der Waals surface area contributed by atoms with Crippen LogP contribution in [-0.2, 0) is 6.54 Å². The Labute approximate surface area is 126 Å². The van der Waals surface area contributed by atoms with Gasteiger partial charge in [-0.15, -0.1) is 11.3 Å². The van der Waals surface area contributed by atoms with Gasteiger partial charge in [-0.05, 0) is 24.6 Å². The van der Waals surface area contributed by atoms with Crippen LogP contribution in [0.4, 0.5) is 0 Å². The first-order valence-corrected chi connectivity index (χ1v) is 8.16. The lowest BCUT2D eigenvalue weighted by Crippen LogP contribution is -2.21. The summed E-state index contributed by atoms with van der Waals surface area (Å²) in [7, 11) is 2.03. The van der Waals surface area contributed by atoms with E-state index in [1.807, 2.05) is 7.05 Å². The Kier molecular flexibility index (Phi) is 5.00. The van der Waals surface area contributed by atoms with E-state index in [9.17, 15) is 0 Å². The Morgan fingerprint density at radius 1 is 1.30 bits per heavy atom. The van der Waals surface area contributed by atoms with Crippen molar-refractivity contribution in [2.75, 3.05) is 7.05 Å². The van der Waals surface area contributed by atoms with Crippen LogP contribution in [0.15, 0.2) is 23.8 Å². The summed E-state index contributed by atoms with van der Waals surface area (Å²) in [5, 5.41) is 6.79. The molecule has 1 atom stereocenters. The third kappa shape index (κ3) is 3.49. The summed E-state index contributed by atoms with van der Waals surface area (Å²) in [6, 6.07) is 2.62. The van der Waals surface area contributed by atoms with Crippen molar-refractivity contribution in [3.05, 3.63) is 40.1 Å². The molecule has 3 nitrogen and oxygen atoms in total. The molecule has 2 heterocycles. The van der Waals surface area contributed by atoms with Crippen molar-refractivity contribution in [2.45, 2.75) is 46.2 Å². The van der Waals surface area contributed by atoms with Gasteiger partial charge < -0.3 is 9.88 Å². The molecular formula is C16H25N3S. The fourth-order valence-electron chi connectivity index (χ4n) is 2.47. The summed E-state index contributed by atoms with van der Waals surface area (Å²) < 4.78 is 2.22. The Morgan fingerprint density at radius 2 is 2.05 bits per heavy atom. The SMILES string of the molecule is CNC(c1ccn(Cc2csc(C(C)C)n2)c1)C(C)C. The highest BCUT2D eigenvalue weighted by Gasteiger charge is 2.14. The highest BCUT2D eigenvalue weighted by atomic mass is 32.1. The van der Waals surface area contributed by atoms with Gasteiger partial charge in [0.05, 0.1) is 17.2 Å². The number of nitrogens with one attached hydrogen (secondary N) is 1. The van der Waals surface area contributed by atoms with Crippen molar-refractivity contribution in [3.63, 3.8) is 0 Å². The molecule has 2 rings (SSSR count). The van der Waals surface area contributed by atoms with Crippen LogP contribution in [0.2, 0.25) is 0 Å². The minimum atomic E-state index is 0.415. The predicted molar refractivity (Wildman–Crippen MR) is 86.4 cm³/mol. The lowest BCUT2D eigenvalue weighted by Gasteiger charge is -2.18. The number of hydrogen-bond acceptors (Lipinski definition) is 3. The fraction of sp³-hybridized carbons (Fsp3) is 0.562. The molecule has 0 radical (unpaired) electrons. The minimum Gasteiger partial charge on any atom is -0.348 e. The molecular weight excluding hydrogens is 266 g/mol. The minimum absolute atomic E-state index is 0.415. The highest BCUT2D eigenvalue weighted by Crippen LogP contribution is 2.23. The van der Waals surface area contributed by atoms with Crippen LogP contribution in [-0.4, -0.2) is 16.6 Å². The largest absolute Gasteiger partial charge is 0.348 e. The molecule has 1 N–H and O–H groups in total. The van der Waals surface area contributed by atoms with Crippen LogP contribution in [0.25, 0.3) is 0 Å². The molecule has 0 saturated carbocycles. The Hall–Kier alpha value is -1.13. The van der Waals surface area contributed by atoms with Crippen molar-refractivity contribution >= 4 is 11.3 Å². The van der Waals surface area contributed by atoms with Crippen molar-refractivity contribution < 1.29 is 0 Å². The third-order valence-electron chi connectivity index (χ3n) is 3.52. The lowest BCUT2D eigenvalue weighted by molar-refractivity contribution is 0.442. The van der Waals surface area contributed by atoms with Crippen LogP contribution >= 0.6 is 11.3 Å². The van der Waals surface area contributed by atoms with E-state index in [0.717, 1.165) is 12.2 Å². The molecule has 0 aliphatic rings. The van der Waals surface area contributed by atoms with Crippen molar-refractivity contribution in [3.8, 4) is 0 Å². The first kappa shape index (κ1) is 15.3. The second kappa shape index (κ2) is 6.55. The molecule has 0 aliphatic heterocycles. The van der Waals surface area contributed by atoms with Gasteiger partial charge >= 0.3 is 0 Å². The van der Waals surface area contributed by atoms with Gasteiger partial charge in [0, 0.05) is 29.7 Å². The lowest BCUT2D eigenvalue weighted by atomic mass is 9.99. The molecule has 2 aromatic heterocycles. The maximum atomic E-state index is 4.70. The molecule has 0 spiro atoms. The number of nitrogens with zero attached hydrogens (tertiary/aromatic N) is 2. The van der Waals surface area contributed by atoms with Crippen LogP contribution in [0.3, 0.4) is 0 Å². The number of aromatic nitrogens is 2. The predicted octanol–water partition coefficient (Wildman–Crippen LogP) is 4.03. The molecule has 0 aromatic carbocycles. The van der Waals surface area contributed by atoms with E-state index in [1.54, 1.807) is 11.3 Å². The summed E-state index contributed by atoms with van der Waals surface area (Å²) in [4.78, 5) is 4.70. The quantitative estimate of drug-likeness (QED) is 0.870. The van der Waals surface area contributed by atoms with Crippen LogP contribution in [0, 0.1) is 5.92 Å². The number of thiazole rings is 1. The molecule has 1 unspecified atom stereocenters. The molecule has 4 heteroatoms. The number of hydrogen-bond donors (Lipinski definition) is 1. The zero-order valence-electron chi connectivity index (χ0n) is 13.1. The van der Waals surface area contributed by atoms with E-state index in [0.29, 0.717) is 17.9 Å². The summed E-state index contributed by atoms with van der Waals surface area (Å²) in [6.45, 7) is 9.73.